The molecule has 5 heteroatoms. The van der Waals surface area contributed by atoms with E-state index in [9.17, 15) is 9.59 Å². The Labute approximate surface area is 119 Å². The van der Waals surface area contributed by atoms with Crippen molar-refractivity contribution in [2.45, 2.75) is 39.5 Å². The van der Waals surface area contributed by atoms with Crippen molar-refractivity contribution in [2.75, 3.05) is 13.1 Å². The van der Waals surface area contributed by atoms with Crippen molar-refractivity contribution in [2.24, 2.45) is 5.92 Å². The molecule has 20 heavy (non-hydrogen) atoms. The van der Waals surface area contributed by atoms with Gasteiger partial charge >= 0.3 is 5.97 Å². The molecule has 1 heterocycles. The number of carboxylic acids is 1. The van der Waals surface area contributed by atoms with E-state index < -0.39 is 11.9 Å². The van der Waals surface area contributed by atoms with Crippen LogP contribution in [-0.4, -0.2) is 35.0 Å². The van der Waals surface area contributed by atoms with Crippen LogP contribution in [0.25, 0.3) is 0 Å². The van der Waals surface area contributed by atoms with Crippen LogP contribution >= 0.6 is 0 Å². The van der Waals surface area contributed by atoms with Crippen molar-refractivity contribution < 1.29 is 19.1 Å². The zero-order chi connectivity index (χ0) is 15.0. The first-order valence-electron chi connectivity index (χ1n) is 7.11. The number of hydrogen-bond donors (Lipinski definition) is 1. The lowest BCUT2D eigenvalue weighted by Crippen LogP contribution is -2.37. The van der Waals surface area contributed by atoms with Gasteiger partial charge in [-0.3, -0.25) is 9.59 Å². The molecular formula is C15H23NO4. The second-order valence-corrected chi connectivity index (χ2v) is 5.03. The lowest BCUT2D eigenvalue weighted by Gasteiger charge is -2.23. The summed E-state index contributed by atoms with van der Waals surface area (Å²) in [4.78, 5) is 24.8. The zero-order valence-corrected chi connectivity index (χ0v) is 12.2. The van der Waals surface area contributed by atoms with Crippen LogP contribution < -0.4 is 0 Å². The average molecular weight is 281 g/mol. The van der Waals surface area contributed by atoms with E-state index >= 15 is 0 Å². The van der Waals surface area contributed by atoms with Gasteiger partial charge in [0.15, 0.2) is 5.76 Å². The Kier molecular flexibility index (Phi) is 6.84. The number of carbonyl (C=O) groups excluding carboxylic acids is 1. The van der Waals surface area contributed by atoms with Crippen LogP contribution in [0.3, 0.4) is 0 Å². The fourth-order valence-corrected chi connectivity index (χ4v) is 1.97. The van der Waals surface area contributed by atoms with E-state index in [0.29, 0.717) is 6.54 Å². The molecule has 1 N–H and O–H groups in total. The number of carbonyl (C=O) groups is 2. The minimum absolute atomic E-state index is 0.209. The Morgan fingerprint density at radius 3 is 2.65 bits per heavy atom. The van der Waals surface area contributed by atoms with Gasteiger partial charge in [0, 0.05) is 13.1 Å². The Morgan fingerprint density at radius 1 is 1.35 bits per heavy atom. The van der Waals surface area contributed by atoms with E-state index in [-0.39, 0.29) is 18.2 Å². The molecule has 1 unspecified atom stereocenters. The molecule has 0 aromatic carbocycles. The molecule has 1 atom stereocenters. The summed E-state index contributed by atoms with van der Waals surface area (Å²) in [7, 11) is 0. The molecule has 0 aliphatic rings. The molecular weight excluding hydrogens is 258 g/mol. The van der Waals surface area contributed by atoms with Gasteiger partial charge in [-0.15, -0.1) is 0 Å². The molecule has 5 nitrogen and oxygen atoms in total. The lowest BCUT2D eigenvalue weighted by atomic mass is 10.1. The molecule has 0 saturated heterocycles. The van der Waals surface area contributed by atoms with Gasteiger partial charge in [0.1, 0.15) is 0 Å². The Balaban J connectivity index is 2.63. The fraction of sp³-hybridized carbons (Fsp3) is 0.600. The van der Waals surface area contributed by atoms with Gasteiger partial charge in [0.25, 0.3) is 5.91 Å². The molecule has 1 aromatic heterocycles. The van der Waals surface area contributed by atoms with Crippen LogP contribution in [0, 0.1) is 5.92 Å². The highest BCUT2D eigenvalue weighted by Crippen LogP contribution is 2.11. The monoisotopic (exact) mass is 281 g/mol. The highest BCUT2D eigenvalue weighted by Gasteiger charge is 2.22. The average Bonchev–Trinajstić information content (AvgIpc) is 2.95. The normalized spacial score (nSPS) is 12.1. The molecule has 0 radical (unpaired) electrons. The first-order chi connectivity index (χ1) is 9.56. The third-order valence-electron chi connectivity index (χ3n) is 3.22. The van der Waals surface area contributed by atoms with Gasteiger partial charge < -0.3 is 14.4 Å². The number of hydrogen-bond acceptors (Lipinski definition) is 3. The summed E-state index contributed by atoms with van der Waals surface area (Å²) in [6.45, 7) is 4.51. The summed E-state index contributed by atoms with van der Waals surface area (Å²) >= 11 is 0. The van der Waals surface area contributed by atoms with Gasteiger partial charge in [-0.1, -0.05) is 33.1 Å². The third kappa shape index (κ3) is 5.07. The van der Waals surface area contributed by atoms with E-state index in [1.807, 2.05) is 0 Å². The molecule has 0 aliphatic carbocycles. The molecule has 0 spiro atoms. The number of aliphatic carboxylic acids is 1. The molecule has 112 valence electrons. The number of nitrogens with zero attached hydrogens (tertiary/aromatic N) is 1. The first kappa shape index (κ1) is 16.3. The zero-order valence-electron chi connectivity index (χ0n) is 12.2. The van der Waals surface area contributed by atoms with Gasteiger partial charge in [0.2, 0.25) is 0 Å². The number of furan rings is 1. The second kappa shape index (κ2) is 8.40. The van der Waals surface area contributed by atoms with Crippen LogP contribution in [0.15, 0.2) is 22.8 Å². The van der Waals surface area contributed by atoms with Crippen molar-refractivity contribution in [1.29, 1.82) is 0 Å². The first-order valence-corrected chi connectivity index (χ1v) is 7.11. The van der Waals surface area contributed by atoms with Gasteiger partial charge in [-0.25, -0.2) is 0 Å². The van der Waals surface area contributed by atoms with E-state index in [0.717, 1.165) is 25.7 Å². The van der Waals surface area contributed by atoms with Crippen molar-refractivity contribution in [3.8, 4) is 0 Å². The van der Waals surface area contributed by atoms with Crippen molar-refractivity contribution >= 4 is 11.9 Å². The van der Waals surface area contributed by atoms with Crippen LogP contribution in [-0.2, 0) is 4.79 Å². The summed E-state index contributed by atoms with van der Waals surface area (Å²) in [6, 6.07) is 3.26. The maximum absolute atomic E-state index is 12.3. The van der Waals surface area contributed by atoms with Gasteiger partial charge in [-0.2, -0.15) is 0 Å². The highest BCUT2D eigenvalue weighted by atomic mass is 16.4. The molecule has 1 aromatic rings. The summed E-state index contributed by atoms with van der Waals surface area (Å²) in [5.41, 5.74) is 0. The van der Waals surface area contributed by atoms with E-state index in [1.54, 1.807) is 24.0 Å². The van der Waals surface area contributed by atoms with Crippen LogP contribution in [0.5, 0.6) is 0 Å². The Hall–Kier alpha value is -1.78. The Bertz CT molecular complexity index is 414. The maximum Gasteiger partial charge on any atom is 0.308 e. The van der Waals surface area contributed by atoms with Crippen molar-refractivity contribution in [3.63, 3.8) is 0 Å². The molecule has 0 fully saturated rings. The summed E-state index contributed by atoms with van der Waals surface area (Å²) in [6.07, 6.45) is 5.62. The largest absolute Gasteiger partial charge is 0.481 e. The van der Waals surface area contributed by atoms with Crippen molar-refractivity contribution in [3.05, 3.63) is 24.2 Å². The summed E-state index contributed by atoms with van der Waals surface area (Å²) in [5, 5.41) is 8.99. The van der Waals surface area contributed by atoms with Crippen LogP contribution in [0.2, 0.25) is 0 Å². The van der Waals surface area contributed by atoms with Crippen LogP contribution in [0.1, 0.15) is 50.1 Å². The number of unbranched alkanes of at least 4 members (excludes halogenated alkanes) is 3. The quantitative estimate of drug-likeness (QED) is 0.706. The maximum atomic E-state index is 12.3. The van der Waals surface area contributed by atoms with E-state index in [1.165, 1.54) is 6.26 Å². The predicted octanol–water partition coefficient (Wildman–Crippen LogP) is 3.02. The second-order valence-electron chi connectivity index (χ2n) is 5.03. The van der Waals surface area contributed by atoms with Gasteiger partial charge in [-0.05, 0) is 18.6 Å². The molecule has 1 rings (SSSR count). The lowest BCUT2D eigenvalue weighted by molar-refractivity contribution is -0.141. The molecule has 0 bridgehead atoms. The SMILES string of the molecule is CCCCCCN(CC(C)C(=O)O)C(=O)c1ccco1. The topological polar surface area (TPSA) is 70.8 Å². The minimum Gasteiger partial charge on any atom is -0.481 e. The summed E-state index contributed by atoms with van der Waals surface area (Å²) in [5.74, 6) is -1.45. The minimum atomic E-state index is -0.893. The number of rotatable bonds is 9. The van der Waals surface area contributed by atoms with E-state index in [2.05, 4.69) is 6.92 Å². The fourth-order valence-electron chi connectivity index (χ4n) is 1.97. The standard InChI is InChI=1S/C15H23NO4/c1-3-4-5-6-9-16(11-12(2)15(18)19)14(17)13-8-7-10-20-13/h7-8,10,12H,3-6,9,11H2,1-2H3,(H,18,19). The molecule has 1 amide bonds. The van der Waals surface area contributed by atoms with Gasteiger partial charge in [0.05, 0.1) is 12.2 Å². The Morgan fingerprint density at radius 2 is 2.10 bits per heavy atom. The third-order valence-corrected chi connectivity index (χ3v) is 3.22. The highest BCUT2D eigenvalue weighted by molar-refractivity contribution is 5.91. The smallest absolute Gasteiger partial charge is 0.308 e. The number of amides is 1. The van der Waals surface area contributed by atoms with Crippen LogP contribution in [0.4, 0.5) is 0 Å². The summed E-state index contributed by atoms with van der Waals surface area (Å²) < 4.78 is 5.11. The predicted molar refractivity (Wildman–Crippen MR) is 75.6 cm³/mol. The number of carboxylic acid groups (broad SMARTS) is 1. The molecule has 0 saturated carbocycles. The van der Waals surface area contributed by atoms with Crippen molar-refractivity contribution in [1.82, 2.24) is 4.90 Å². The molecule has 0 aliphatic heterocycles. The van der Waals surface area contributed by atoms with E-state index in [4.69, 9.17) is 9.52 Å².